The summed E-state index contributed by atoms with van der Waals surface area (Å²) in [5.41, 5.74) is 0.0747. The molecular weight excluding hydrogens is 292 g/mol. The molecule has 1 aromatic rings. The molecule has 1 rings (SSSR count). The molecule has 118 valence electrons. The number of urea groups is 1. The lowest BCUT2D eigenvalue weighted by molar-refractivity contribution is 0.248. The van der Waals surface area contributed by atoms with Gasteiger partial charge in [0.15, 0.2) is 9.84 Å². The molecule has 0 bridgehead atoms. The Hall–Kier alpha value is -1.76. The Morgan fingerprint density at radius 2 is 2.00 bits per heavy atom. The first-order valence-corrected chi connectivity index (χ1v) is 8.58. The van der Waals surface area contributed by atoms with Crippen LogP contribution >= 0.6 is 0 Å². The van der Waals surface area contributed by atoms with Gasteiger partial charge in [0.1, 0.15) is 5.75 Å². The van der Waals surface area contributed by atoms with Gasteiger partial charge in [-0.25, -0.2) is 13.2 Å². The lowest BCUT2D eigenvalue weighted by Crippen LogP contribution is -2.36. The third-order valence-corrected chi connectivity index (χ3v) is 4.79. The third kappa shape index (κ3) is 4.93. The highest BCUT2D eigenvalue weighted by Gasteiger charge is 2.15. The molecule has 0 aliphatic heterocycles. The van der Waals surface area contributed by atoms with Gasteiger partial charge in [-0.1, -0.05) is 20.3 Å². The Bertz CT molecular complexity index is 599. The zero-order valence-electron chi connectivity index (χ0n) is 12.5. The maximum Gasteiger partial charge on any atom is 0.319 e. The van der Waals surface area contributed by atoms with Crippen LogP contribution in [-0.4, -0.2) is 31.4 Å². The normalized spacial score (nSPS) is 12.7. The molecule has 3 N–H and O–H groups in total. The van der Waals surface area contributed by atoms with Gasteiger partial charge < -0.3 is 15.7 Å². The fourth-order valence-electron chi connectivity index (χ4n) is 1.86. The van der Waals surface area contributed by atoms with Crippen LogP contribution in [0.1, 0.15) is 33.6 Å². The minimum Gasteiger partial charge on any atom is -0.506 e. The number of amides is 2. The van der Waals surface area contributed by atoms with Crippen LogP contribution in [0, 0.1) is 0 Å². The first kappa shape index (κ1) is 17.3. The smallest absolute Gasteiger partial charge is 0.319 e. The van der Waals surface area contributed by atoms with Gasteiger partial charge in [-0.15, -0.1) is 0 Å². The Labute approximate surface area is 125 Å². The van der Waals surface area contributed by atoms with Gasteiger partial charge in [0.25, 0.3) is 0 Å². The summed E-state index contributed by atoms with van der Waals surface area (Å²) >= 11 is 0. The van der Waals surface area contributed by atoms with E-state index < -0.39 is 15.9 Å². The molecule has 1 atom stereocenters. The number of phenolic OH excluding ortho intramolecular Hbond substituents is 1. The number of carbonyl (C=O) groups excluding carboxylic acids is 1. The van der Waals surface area contributed by atoms with E-state index in [-0.39, 0.29) is 28.1 Å². The maximum atomic E-state index is 11.8. The van der Waals surface area contributed by atoms with Crippen molar-refractivity contribution in [2.45, 2.75) is 44.6 Å². The number of rotatable bonds is 6. The Balaban J connectivity index is 2.88. The fraction of sp³-hybridized carbons (Fsp3) is 0.500. The Kier molecular flexibility index (Phi) is 6.02. The SMILES string of the molecule is CCC[C@@H](C)NC(=O)Nc1cc(S(=O)(=O)CC)ccc1O. The van der Waals surface area contributed by atoms with Crippen molar-refractivity contribution in [3.8, 4) is 5.75 Å². The predicted octanol–water partition coefficient (Wildman–Crippen LogP) is 2.50. The second kappa shape index (κ2) is 7.31. The summed E-state index contributed by atoms with van der Waals surface area (Å²) in [7, 11) is -3.39. The number of sulfone groups is 1. The maximum absolute atomic E-state index is 11.8. The number of benzene rings is 1. The molecule has 0 radical (unpaired) electrons. The second-order valence-electron chi connectivity index (χ2n) is 4.87. The van der Waals surface area contributed by atoms with Crippen LogP contribution in [-0.2, 0) is 9.84 Å². The van der Waals surface area contributed by atoms with Crippen LogP contribution in [0.2, 0.25) is 0 Å². The highest BCUT2D eigenvalue weighted by Crippen LogP contribution is 2.26. The highest BCUT2D eigenvalue weighted by molar-refractivity contribution is 7.91. The molecule has 7 heteroatoms. The standard InChI is InChI=1S/C14H22N2O4S/c1-4-6-10(3)15-14(18)16-12-9-11(7-8-13(12)17)21(19,20)5-2/h7-10,17H,4-6H2,1-3H3,(H2,15,16,18)/t10-/m1/s1. The molecular formula is C14H22N2O4S. The largest absolute Gasteiger partial charge is 0.506 e. The topological polar surface area (TPSA) is 95.5 Å². The molecule has 0 aliphatic rings. The molecule has 0 heterocycles. The quantitative estimate of drug-likeness (QED) is 0.703. The first-order chi connectivity index (χ1) is 9.80. The Morgan fingerprint density at radius 3 is 2.57 bits per heavy atom. The average Bonchev–Trinajstić information content (AvgIpc) is 2.41. The van der Waals surface area contributed by atoms with Crippen molar-refractivity contribution in [3.05, 3.63) is 18.2 Å². The van der Waals surface area contributed by atoms with Crippen molar-refractivity contribution >= 4 is 21.6 Å². The molecule has 2 amide bonds. The molecule has 0 saturated heterocycles. The van der Waals surface area contributed by atoms with Gasteiger partial charge in [0.2, 0.25) is 0 Å². The lowest BCUT2D eigenvalue weighted by atomic mass is 10.2. The van der Waals surface area contributed by atoms with E-state index in [4.69, 9.17) is 0 Å². The van der Waals surface area contributed by atoms with E-state index in [2.05, 4.69) is 10.6 Å². The fourth-order valence-corrected chi connectivity index (χ4v) is 2.77. The van der Waals surface area contributed by atoms with Crippen molar-refractivity contribution in [1.82, 2.24) is 5.32 Å². The van der Waals surface area contributed by atoms with E-state index >= 15 is 0 Å². The molecule has 0 saturated carbocycles. The van der Waals surface area contributed by atoms with Gasteiger partial charge in [-0.2, -0.15) is 0 Å². The van der Waals surface area contributed by atoms with Crippen LogP contribution in [0.3, 0.4) is 0 Å². The third-order valence-electron chi connectivity index (χ3n) is 3.05. The molecule has 1 aromatic carbocycles. The molecule has 0 fully saturated rings. The van der Waals surface area contributed by atoms with E-state index in [1.807, 2.05) is 13.8 Å². The summed E-state index contributed by atoms with van der Waals surface area (Å²) in [5.74, 6) is -0.222. The zero-order valence-corrected chi connectivity index (χ0v) is 13.3. The van der Waals surface area contributed by atoms with E-state index in [1.165, 1.54) is 25.1 Å². The molecule has 0 aromatic heterocycles. The summed E-state index contributed by atoms with van der Waals surface area (Å²) in [5, 5.41) is 14.9. The number of anilines is 1. The minimum absolute atomic E-state index is 0.000278. The van der Waals surface area contributed by atoms with Crippen molar-refractivity contribution in [3.63, 3.8) is 0 Å². The summed E-state index contributed by atoms with van der Waals surface area (Å²) in [6, 6.07) is 3.36. The molecule has 0 unspecified atom stereocenters. The number of hydrogen-bond donors (Lipinski definition) is 3. The summed E-state index contributed by atoms with van der Waals surface area (Å²) in [6.45, 7) is 5.43. The second-order valence-corrected chi connectivity index (χ2v) is 7.15. The number of aromatic hydroxyl groups is 1. The van der Waals surface area contributed by atoms with Gasteiger partial charge >= 0.3 is 6.03 Å². The lowest BCUT2D eigenvalue weighted by Gasteiger charge is -2.14. The summed E-state index contributed by atoms with van der Waals surface area (Å²) < 4.78 is 23.6. The van der Waals surface area contributed by atoms with Gasteiger partial charge in [0.05, 0.1) is 16.3 Å². The van der Waals surface area contributed by atoms with E-state index in [0.717, 1.165) is 12.8 Å². The number of nitrogens with one attached hydrogen (secondary N) is 2. The van der Waals surface area contributed by atoms with Crippen LogP contribution in [0.5, 0.6) is 5.75 Å². The molecule has 0 spiro atoms. The zero-order chi connectivity index (χ0) is 16.0. The van der Waals surface area contributed by atoms with Crippen molar-refractivity contribution < 1.29 is 18.3 Å². The van der Waals surface area contributed by atoms with Gasteiger partial charge in [-0.3, -0.25) is 0 Å². The average molecular weight is 314 g/mol. The van der Waals surface area contributed by atoms with E-state index in [0.29, 0.717) is 0 Å². The number of phenols is 1. The number of carbonyl (C=O) groups is 1. The molecule has 6 nitrogen and oxygen atoms in total. The summed E-state index contributed by atoms with van der Waals surface area (Å²) in [4.78, 5) is 11.9. The molecule has 0 aliphatic carbocycles. The summed E-state index contributed by atoms with van der Waals surface area (Å²) in [6.07, 6.45) is 1.78. The van der Waals surface area contributed by atoms with Crippen molar-refractivity contribution in [2.24, 2.45) is 0 Å². The monoisotopic (exact) mass is 314 g/mol. The minimum atomic E-state index is -3.39. The van der Waals surface area contributed by atoms with Crippen LogP contribution in [0.25, 0.3) is 0 Å². The van der Waals surface area contributed by atoms with Crippen LogP contribution in [0.15, 0.2) is 23.1 Å². The van der Waals surface area contributed by atoms with E-state index in [1.54, 1.807) is 0 Å². The molecule has 21 heavy (non-hydrogen) atoms. The van der Waals surface area contributed by atoms with E-state index in [9.17, 15) is 18.3 Å². The first-order valence-electron chi connectivity index (χ1n) is 6.93. The number of hydrogen-bond acceptors (Lipinski definition) is 4. The van der Waals surface area contributed by atoms with Gasteiger partial charge in [0, 0.05) is 6.04 Å². The van der Waals surface area contributed by atoms with Crippen LogP contribution in [0.4, 0.5) is 10.5 Å². The predicted molar refractivity (Wildman–Crippen MR) is 82.4 cm³/mol. The van der Waals surface area contributed by atoms with Crippen LogP contribution < -0.4 is 10.6 Å². The van der Waals surface area contributed by atoms with Crippen molar-refractivity contribution in [1.29, 1.82) is 0 Å². The van der Waals surface area contributed by atoms with Crippen molar-refractivity contribution in [2.75, 3.05) is 11.1 Å². The Morgan fingerprint density at radius 1 is 1.33 bits per heavy atom. The highest BCUT2D eigenvalue weighted by atomic mass is 32.2. The van der Waals surface area contributed by atoms with Gasteiger partial charge in [-0.05, 0) is 31.5 Å².